The summed E-state index contributed by atoms with van der Waals surface area (Å²) in [5.74, 6) is -1.86. The summed E-state index contributed by atoms with van der Waals surface area (Å²) in [6, 6.07) is -4.54. The molecule has 4 atom stereocenters. The van der Waals surface area contributed by atoms with Gasteiger partial charge in [0.05, 0.1) is 26.4 Å². The largest absolute Gasteiger partial charge is 0.479 e. The molecule has 0 rings (SSSR count). The van der Waals surface area contributed by atoms with Gasteiger partial charge in [-0.1, -0.05) is 23.5 Å². The number of carbonyl (C=O) groups excluding carboxylic acids is 2. The maximum Gasteiger partial charge on any atom is 0.408 e. The van der Waals surface area contributed by atoms with Gasteiger partial charge in [-0.25, -0.2) is 0 Å². The van der Waals surface area contributed by atoms with E-state index in [4.69, 9.17) is 43.0 Å². The summed E-state index contributed by atoms with van der Waals surface area (Å²) in [5.41, 5.74) is 0. The minimum Gasteiger partial charge on any atom is -0.479 e. The Bertz CT molecular complexity index is 804. The minimum absolute atomic E-state index is 0.113. The number of carbonyl (C=O) groups is 2. The van der Waals surface area contributed by atoms with E-state index in [9.17, 15) is 40.5 Å². The summed E-state index contributed by atoms with van der Waals surface area (Å²) in [6.45, 7) is 4.11. The molecule has 0 bridgehead atoms. The minimum atomic E-state index is -4.81. The number of thioether (sulfide) groups is 2. The van der Waals surface area contributed by atoms with Crippen molar-refractivity contribution in [3.05, 3.63) is 0 Å². The third-order valence-corrected chi connectivity index (χ3v) is 7.93. The molecule has 0 spiro atoms. The van der Waals surface area contributed by atoms with Gasteiger partial charge in [-0.2, -0.15) is 26.3 Å². The molecule has 40 heavy (non-hydrogen) atoms. The molecule has 0 aliphatic rings. The molecule has 2 amide bonds. The second-order valence-electron chi connectivity index (χ2n) is 7.78. The molecule has 0 aromatic rings. The van der Waals surface area contributed by atoms with Crippen molar-refractivity contribution < 1.29 is 59.0 Å². The molecule has 0 aliphatic heterocycles. The molecule has 0 radical (unpaired) electrons. The van der Waals surface area contributed by atoms with Crippen molar-refractivity contribution in [3.8, 4) is 0 Å². The van der Waals surface area contributed by atoms with Gasteiger partial charge < -0.3 is 29.2 Å². The van der Waals surface area contributed by atoms with Crippen LogP contribution in [0.15, 0.2) is 0 Å². The van der Waals surface area contributed by atoms with Crippen molar-refractivity contribution in [2.75, 3.05) is 26.4 Å². The lowest BCUT2D eigenvalue weighted by Crippen LogP contribution is -2.46. The Morgan fingerprint density at radius 1 is 0.775 bits per heavy atom. The van der Waals surface area contributed by atoms with E-state index >= 15 is 0 Å². The molecule has 9 nitrogen and oxygen atoms in total. The van der Waals surface area contributed by atoms with Crippen LogP contribution in [0.1, 0.15) is 40.5 Å². The molecule has 0 fully saturated rings. The number of ether oxygens (including phenoxy) is 2. The molecule has 0 aliphatic carbocycles. The number of rotatable bonds is 16. The van der Waals surface area contributed by atoms with Crippen LogP contribution >= 0.6 is 56.2 Å². The van der Waals surface area contributed by atoms with Crippen molar-refractivity contribution >= 4 is 76.8 Å². The summed E-state index contributed by atoms with van der Waals surface area (Å²) in [4.78, 5) is 22.5. The Hall–Kier alpha value is -0.850. The van der Waals surface area contributed by atoms with Crippen LogP contribution in [0.5, 0.6) is 0 Å². The average molecular weight is 685 g/mol. The zero-order chi connectivity index (χ0) is 31.1. The monoisotopic (exact) mass is 684 g/mol. The lowest BCUT2D eigenvalue weighted by atomic mass is 10.1. The first-order chi connectivity index (χ1) is 18.4. The van der Waals surface area contributed by atoms with Crippen LogP contribution in [0, 0.1) is 0 Å². The van der Waals surface area contributed by atoms with E-state index in [1.165, 1.54) is 0 Å². The number of hydrogen-bond donors (Lipinski definition) is 2. The van der Waals surface area contributed by atoms with Gasteiger partial charge in [0, 0.05) is 24.3 Å². The van der Waals surface area contributed by atoms with Crippen molar-refractivity contribution in [1.29, 1.82) is 0 Å². The first-order valence-corrected chi connectivity index (χ1v) is 15.3. The maximum atomic E-state index is 13.4. The molecule has 0 aromatic heterocycles. The normalized spacial score (nSPS) is 15.8. The van der Waals surface area contributed by atoms with Crippen LogP contribution < -0.4 is 10.6 Å². The van der Waals surface area contributed by atoms with Gasteiger partial charge in [0.25, 0.3) is 0 Å². The molecule has 0 saturated carbocycles. The number of alkyl halides is 6. The molecule has 2 N–H and O–H groups in total. The fourth-order valence-corrected chi connectivity index (χ4v) is 6.62. The quantitative estimate of drug-likeness (QED) is 0.128. The topological polar surface area (TPSA) is 112 Å². The zero-order valence-corrected chi connectivity index (χ0v) is 26.1. The maximum absolute atomic E-state index is 13.4. The Morgan fingerprint density at radius 3 is 1.35 bits per heavy atom. The first-order valence-electron chi connectivity index (χ1n) is 11.5. The highest BCUT2D eigenvalue weighted by atomic mass is 32.2. The fourth-order valence-electron chi connectivity index (χ4n) is 2.81. The predicted molar refractivity (Wildman–Crippen MR) is 149 cm³/mol. The van der Waals surface area contributed by atoms with E-state index in [1.54, 1.807) is 24.5 Å². The lowest BCUT2D eigenvalue weighted by Gasteiger charge is -2.26. The molecule has 234 valence electrons. The number of thiocarbonyl (C=S) groups is 2. The van der Waals surface area contributed by atoms with Gasteiger partial charge in [0.2, 0.25) is 20.6 Å². The van der Waals surface area contributed by atoms with Crippen molar-refractivity contribution in [3.63, 3.8) is 0 Å². The average Bonchev–Trinajstić information content (AvgIpc) is 2.78. The van der Waals surface area contributed by atoms with Crippen LogP contribution in [0.4, 0.5) is 26.3 Å². The van der Waals surface area contributed by atoms with Crippen LogP contribution in [0.2, 0.25) is 0 Å². The summed E-state index contributed by atoms with van der Waals surface area (Å²) in [5, 5.41) is 1.38. The molecule has 20 heteroatoms. The Kier molecular flexibility index (Phi) is 18.9. The van der Waals surface area contributed by atoms with Crippen LogP contribution in [-0.4, -0.2) is 81.9 Å². The highest BCUT2D eigenvalue weighted by molar-refractivity contribution is 8.23. The van der Waals surface area contributed by atoms with Crippen LogP contribution in [0.25, 0.3) is 0 Å². The third kappa shape index (κ3) is 18.6. The van der Waals surface area contributed by atoms with Crippen molar-refractivity contribution in [1.82, 2.24) is 10.6 Å². The van der Waals surface area contributed by atoms with Gasteiger partial charge >= 0.3 is 20.6 Å². The Labute approximate surface area is 247 Å². The molecule has 0 heterocycles. The van der Waals surface area contributed by atoms with E-state index in [2.05, 4.69) is 0 Å². The number of hydrogen-bond acceptors (Lipinski definition) is 11. The highest BCUT2D eigenvalue weighted by Crippen LogP contribution is 2.34. The smallest absolute Gasteiger partial charge is 0.408 e. The Morgan fingerprint density at radius 2 is 1.10 bits per heavy atom. The van der Waals surface area contributed by atoms with Gasteiger partial charge in [-0.3, -0.25) is 14.2 Å². The SMILES string of the molecule is CCOC(=S)SC(CO[PH](=O)OCC(CC(NC(C)=O)C(F)(F)F)SC(=S)OCC)CC(NC(C)=O)C(F)(F)F. The molecular formula is C20H31F6N2O7PS4. The van der Waals surface area contributed by atoms with Gasteiger partial charge in [-0.15, -0.1) is 0 Å². The molecule has 0 saturated heterocycles. The van der Waals surface area contributed by atoms with Crippen LogP contribution in [-0.2, 0) is 32.7 Å². The van der Waals surface area contributed by atoms with Gasteiger partial charge in [0.15, 0.2) is 0 Å². The summed E-state index contributed by atoms with van der Waals surface area (Å²) in [6.07, 6.45) is -11.1. The van der Waals surface area contributed by atoms with E-state index in [0.717, 1.165) is 13.8 Å². The number of amides is 2. The highest BCUT2D eigenvalue weighted by Gasteiger charge is 2.43. The second kappa shape index (κ2) is 19.4. The summed E-state index contributed by atoms with van der Waals surface area (Å²) in [7, 11) is -3.44. The number of nitrogens with one attached hydrogen (secondary N) is 2. The first kappa shape index (κ1) is 39.1. The van der Waals surface area contributed by atoms with Gasteiger partial charge in [0.1, 0.15) is 12.1 Å². The molecular weight excluding hydrogens is 653 g/mol. The van der Waals surface area contributed by atoms with E-state index in [1.807, 2.05) is 0 Å². The van der Waals surface area contributed by atoms with Crippen molar-refractivity contribution in [2.24, 2.45) is 0 Å². The molecule has 0 aromatic carbocycles. The van der Waals surface area contributed by atoms with Crippen LogP contribution in [0.3, 0.4) is 0 Å². The summed E-state index contributed by atoms with van der Waals surface area (Å²) >= 11 is 11.3. The lowest BCUT2D eigenvalue weighted by molar-refractivity contribution is -0.162. The van der Waals surface area contributed by atoms with Crippen molar-refractivity contribution in [2.45, 2.75) is 75.5 Å². The number of halogens is 6. The molecule has 4 unspecified atom stereocenters. The van der Waals surface area contributed by atoms with E-state index in [0.29, 0.717) is 23.5 Å². The van der Waals surface area contributed by atoms with E-state index in [-0.39, 0.29) is 22.0 Å². The Balaban J connectivity index is 5.47. The standard InChI is InChI=1S/C20H31F6N2O7PS4/c1-5-32-17(37)39-13(7-15(19(21,22)23)27-11(3)29)9-34-36(31)35-10-14(40-18(38)33-6-2)8-16(20(24,25)26)28-12(4)30/h13-16,36H,5-10H2,1-4H3,(H,27,29)(H,28,30). The second-order valence-corrected chi connectivity index (χ2v) is 12.7. The van der Waals surface area contributed by atoms with E-state index < -0.39 is 81.1 Å². The predicted octanol–water partition coefficient (Wildman–Crippen LogP) is 5.17. The fraction of sp³-hybridized carbons (Fsp3) is 0.800. The third-order valence-electron chi connectivity index (χ3n) is 4.37. The van der Waals surface area contributed by atoms with Gasteiger partial charge in [-0.05, 0) is 51.1 Å². The zero-order valence-electron chi connectivity index (χ0n) is 21.8. The summed E-state index contributed by atoms with van der Waals surface area (Å²) < 4.78 is 113.